The zero-order valence-electron chi connectivity index (χ0n) is 15.2. The molecule has 3 unspecified atom stereocenters. The monoisotopic (exact) mass is 349 g/mol. The SMILES string of the molecule is CC1=CC(=O)NC(NC(=O)NCC2(C)CC(N=C=O)CC(C)(C)C2)N1. The molecule has 1 heterocycles. The highest BCUT2D eigenvalue weighted by Gasteiger charge is 2.41. The molecular formula is C17H27N5O3. The van der Waals surface area contributed by atoms with Crippen LogP contribution in [0.25, 0.3) is 0 Å². The molecule has 4 N–H and O–H groups in total. The molecule has 0 spiro atoms. The fourth-order valence-electron chi connectivity index (χ4n) is 4.11. The number of aliphatic imine (C=N–C) groups is 1. The van der Waals surface area contributed by atoms with Crippen LogP contribution in [-0.4, -0.2) is 36.9 Å². The lowest BCUT2D eigenvalue weighted by Crippen LogP contribution is -2.60. The third-order valence-electron chi connectivity index (χ3n) is 4.61. The molecule has 1 saturated carbocycles. The summed E-state index contributed by atoms with van der Waals surface area (Å²) in [6.07, 6.45) is 4.94. The number of hydrogen-bond donors (Lipinski definition) is 4. The van der Waals surface area contributed by atoms with Crippen molar-refractivity contribution in [2.75, 3.05) is 6.54 Å². The molecule has 2 aliphatic rings. The number of isocyanates is 1. The van der Waals surface area contributed by atoms with Crippen LogP contribution < -0.4 is 21.3 Å². The number of nitrogens with one attached hydrogen (secondary N) is 4. The summed E-state index contributed by atoms with van der Waals surface area (Å²) >= 11 is 0. The van der Waals surface area contributed by atoms with Crippen molar-refractivity contribution >= 4 is 18.0 Å². The molecular weight excluding hydrogens is 322 g/mol. The fraction of sp³-hybridized carbons (Fsp3) is 0.706. The first-order chi connectivity index (χ1) is 11.6. The lowest BCUT2D eigenvalue weighted by molar-refractivity contribution is -0.118. The minimum Gasteiger partial charge on any atom is -0.352 e. The Morgan fingerprint density at radius 2 is 2.08 bits per heavy atom. The third-order valence-corrected chi connectivity index (χ3v) is 4.61. The Kier molecular flexibility index (Phi) is 5.52. The largest absolute Gasteiger partial charge is 0.352 e. The second-order valence-corrected chi connectivity index (χ2v) is 8.17. The van der Waals surface area contributed by atoms with Crippen molar-refractivity contribution in [2.45, 2.75) is 59.3 Å². The molecule has 0 radical (unpaired) electrons. The second-order valence-electron chi connectivity index (χ2n) is 8.17. The van der Waals surface area contributed by atoms with E-state index in [4.69, 9.17) is 0 Å². The van der Waals surface area contributed by atoms with E-state index in [1.54, 1.807) is 13.0 Å². The first-order valence-corrected chi connectivity index (χ1v) is 8.48. The average molecular weight is 349 g/mol. The molecule has 0 bridgehead atoms. The maximum atomic E-state index is 12.2. The van der Waals surface area contributed by atoms with Gasteiger partial charge in [0.2, 0.25) is 12.0 Å². The van der Waals surface area contributed by atoms with Gasteiger partial charge in [0.1, 0.15) is 0 Å². The highest BCUT2D eigenvalue weighted by Crippen LogP contribution is 2.46. The molecule has 0 saturated heterocycles. The van der Waals surface area contributed by atoms with Crippen molar-refractivity contribution in [2.24, 2.45) is 15.8 Å². The van der Waals surface area contributed by atoms with Crippen LogP contribution in [0, 0.1) is 10.8 Å². The van der Waals surface area contributed by atoms with Crippen LogP contribution in [0.3, 0.4) is 0 Å². The number of rotatable bonds is 4. The smallest absolute Gasteiger partial charge is 0.317 e. The maximum Gasteiger partial charge on any atom is 0.317 e. The molecule has 8 nitrogen and oxygen atoms in total. The van der Waals surface area contributed by atoms with Gasteiger partial charge in [-0.15, -0.1) is 0 Å². The van der Waals surface area contributed by atoms with E-state index >= 15 is 0 Å². The summed E-state index contributed by atoms with van der Waals surface area (Å²) in [6.45, 7) is 8.60. The molecule has 1 fully saturated rings. The van der Waals surface area contributed by atoms with Gasteiger partial charge >= 0.3 is 6.03 Å². The summed E-state index contributed by atoms with van der Waals surface area (Å²) < 4.78 is 0. The number of amides is 3. The topological polar surface area (TPSA) is 112 Å². The van der Waals surface area contributed by atoms with Crippen LogP contribution in [0.1, 0.15) is 47.0 Å². The number of hydrogen-bond acceptors (Lipinski definition) is 5. The second kappa shape index (κ2) is 7.27. The van der Waals surface area contributed by atoms with E-state index in [0.29, 0.717) is 12.2 Å². The van der Waals surface area contributed by atoms with Crippen molar-refractivity contribution in [3.8, 4) is 0 Å². The van der Waals surface area contributed by atoms with Gasteiger partial charge in [-0.1, -0.05) is 20.8 Å². The zero-order chi connectivity index (χ0) is 18.7. The molecule has 2 rings (SSSR count). The first-order valence-electron chi connectivity index (χ1n) is 8.48. The molecule has 25 heavy (non-hydrogen) atoms. The van der Waals surface area contributed by atoms with Crippen LogP contribution in [-0.2, 0) is 9.59 Å². The Labute approximate surface area is 147 Å². The third kappa shape index (κ3) is 5.60. The van der Waals surface area contributed by atoms with Crippen molar-refractivity contribution in [1.29, 1.82) is 0 Å². The van der Waals surface area contributed by atoms with E-state index < -0.39 is 6.29 Å². The average Bonchev–Trinajstić information content (AvgIpc) is 2.42. The summed E-state index contributed by atoms with van der Waals surface area (Å²) in [4.78, 5) is 38.1. The van der Waals surface area contributed by atoms with E-state index in [1.807, 2.05) is 0 Å². The molecule has 3 atom stereocenters. The number of allylic oxidation sites excluding steroid dienone is 1. The molecule has 1 aliphatic heterocycles. The van der Waals surface area contributed by atoms with Crippen LogP contribution in [0.4, 0.5) is 4.79 Å². The Morgan fingerprint density at radius 1 is 1.36 bits per heavy atom. The molecule has 3 amide bonds. The van der Waals surface area contributed by atoms with Crippen molar-refractivity contribution < 1.29 is 14.4 Å². The summed E-state index contributed by atoms with van der Waals surface area (Å²) in [5.74, 6) is -0.253. The quantitative estimate of drug-likeness (QED) is 0.450. The predicted octanol–water partition coefficient (Wildman–Crippen LogP) is 1.11. The fourth-order valence-corrected chi connectivity index (χ4v) is 4.11. The highest BCUT2D eigenvalue weighted by molar-refractivity contribution is 5.89. The Bertz CT molecular complexity index is 624. The van der Waals surface area contributed by atoms with Crippen molar-refractivity contribution in [3.63, 3.8) is 0 Å². The van der Waals surface area contributed by atoms with Crippen molar-refractivity contribution in [1.82, 2.24) is 21.3 Å². The van der Waals surface area contributed by atoms with Crippen LogP contribution in [0.15, 0.2) is 16.8 Å². The van der Waals surface area contributed by atoms with E-state index in [0.717, 1.165) is 19.3 Å². The van der Waals surface area contributed by atoms with Gasteiger partial charge in [0.25, 0.3) is 0 Å². The molecule has 0 aromatic heterocycles. The maximum absolute atomic E-state index is 12.2. The van der Waals surface area contributed by atoms with Crippen LogP contribution >= 0.6 is 0 Å². The Balaban J connectivity index is 1.90. The number of urea groups is 1. The number of carbonyl (C=O) groups is 2. The summed E-state index contributed by atoms with van der Waals surface area (Å²) in [5, 5.41) is 11.1. The summed E-state index contributed by atoms with van der Waals surface area (Å²) in [7, 11) is 0. The van der Waals surface area contributed by atoms with E-state index in [-0.39, 0.29) is 28.8 Å². The molecule has 0 aromatic rings. The highest BCUT2D eigenvalue weighted by atomic mass is 16.2. The molecule has 138 valence electrons. The Morgan fingerprint density at radius 3 is 2.72 bits per heavy atom. The van der Waals surface area contributed by atoms with E-state index in [1.165, 1.54) is 6.08 Å². The van der Waals surface area contributed by atoms with Crippen molar-refractivity contribution in [3.05, 3.63) is 11.8 Å². The van der Waals surface area contributed by atoms with Gasteiger partial charge in [0.15, 0.2) is 6.29 Å². The molecule has 1 aliphatic carbocycles. The van der Waals surface area contributed by atoms with Gasteiger partial charge in [-0.3, -0.25) is 4.79 Å². The van der Waals surface area contributed by atoms with Gasteiger partial charge in [-0.25, -0.2) is 14.6 Å². The number of carbonyl (C=O) groups excluding carboxylic acids is 3. The van der Waals surface area contributed by atoms with Crippen LogP contribution in [0.2, 0.25) is 0 Å². The van der Waals surface area contributed by atoms with Gasteiger partial charge in [0, 0.05) is 18.3 Å². The Hall–Kier alpha value is -2.34. The van der Waals surface area contributed by atoms with Gasteiger partial charge < -0.3 is 21.3 Å². The standard InChI is InChI=1S/C17H27N5O3/c1-11-5-13(24)21-14(20-11)22-15(25)18-9-17(4)7-12(19-10-23)6-16(2,3)8-17/h5,12,14,20H,6-9H2,1-4H3,(H,21,24)(H2,18,22,25). The minimum atomic E-state index is -0.638. The lowest BCUT2D eigenvalue weighted by atomic mass is 9.63. The predicted molar refractivity (Wildman–Crippen MR) is 93.0 cm³/mol. The zero-order valence-corrected chi connectivity index (χ0v) is 15.2. The van der Waals surface area contributed by atoms with Gasteiger partial charge in [0.05, 0.1) is 6.04 Å². The number of nitrogens with zero attached hydrogens (tertiary/aromatic N) is 1. The lowest BCUT2D eigenvalue weighted by Gasteiger charge is -2.45. The summed E-state index contributed by atoms with van der Waals surface area (Å²) in [5.41, 5.74) is 0.560. The molecule has 8 heteroatoms. The van der Waals surface area contributed by atoms with Gasteiger partial charge in [-0.2, -0.15) is 0 Å². The first kappa shape index (κ1) is 19.0. The minimum absolute atomic E-state index is 0.0387. The van der Waals surface area contributed by atoms with Gasteiger partial charge in [-0.05, 0) is 37.0 Å². The molecule has 0 aromatic carbocycles. The normalized spacial score (nSPS) is 30.9. The summed E-state index contributed by atoms with van der Waals surface area (Å²) in [6, 6.07) is -0.434. The van der Waals surface area contributed by atoms with E-state index in [2.05, 4.69) is 47.0 Å². The van der Waals surface area contributed by atoms with E-state index in [9.17, 15) is 14.4 Å². The van der Waals surface area contributed by atoms with Crippen LogP contribution in [0.5, 0.6) is 0 Å².